The Morgan fingerprint density at radius 3 is 0.786 bits per heavy atom. The van der Waals surface area contributed by atoms with E-state index in [2.05, 4.69) is 23.3 Å². The summed E-state index contributed by atoms with van der Waals surface area (Å²) in [6, 6.07) is 0. The van der Waals surface area contributed by atoms with Gasteiger partial charge in [-0.3, -0.25) is 0 Å². The first-order valence-electron chi connectivity index (χ1n) is 1.65. The Hall–Kier alpha value is 3.76. The normalized spacial score (nSPS) is 4.57. The van der Waals surface area contributed by atoms with E-state index in [0.717, 1.165) is 0 Å². The van der Waals surface area contributed by atoms with Crippen LogP contribution in [0.15, 0.2) is 23.6 Å². The van der Waals surface area contributed by atoms with Crippen LogP contribution in [0.2, 0.25) is 0 Å². The number of allylic oxidation sites excluding steroid dienone is 2. The maximum atomic E-state index is 2.68. The minimum atomic E-state index is 0. The molecule has 0 aromatic carbocycles. The summed E-state index contributed by atoms with van der Waals surface area (Å²) >= 11 is 0. The minimum Gasteiger partial charge on any atom is -1.00 e. The monoisotopic (exact) mass is 1020 g/mol. The van der Waals surface area contributed by atoms with Crippen LogP contribution >= 0.6 is 0 Å². The summed E-state index contributed by atoms with van der Waals surface area (Å²) in [5.74, 6) is 5.36. The molecule has 0 fully saturated rings. The molecule has 0 nitrogen and oxygen atoms in total. The summed E-state index contributed by atoms with van der Waals surface area (Å²) in [7, 11) is 0. The van der Waals surface area contributed by atoms with Crippen molar-refractivity contribution in [3.05, 3.63) is 23.6 Å². The standard InChI is InChI=1S/C6H2.4ClH.4Hg/c1-2-4-6-5-3-1;;;;;;;;/h1,6H;4*1H;;;;/q;;;;;4*+1/p-4. The first kappa shape index (κ1) is 52.4. The van der Waals surface area contributed by atoms with Gasteiger partial charge in [0.25, 0.3) is 0 Å². The third kappa shape index (κ3) is 36.0. The molecule has 0 N–H and O–H groups in total. The molecule has 0 bridgehead atoms. The van der Waals surface area contributed by atoms with Crippen LogP contribution in [0.4, 0.5) is 0 Å². The van der Waals surface area contributed by atoms with Crippen LogP contribution < -0.4 is 49.6 Å². The van der Waals surface area contributed by atoms with Crippen LogP contribution in [0.3, 0.4) is 0 Å². The Bertz CT molecular complexity index is 188. The van der Waals surface area contributed by atoms with Crippen molar-refractivity contribution in [2.75, 3.05) is 0 Å². The first-order valence-corrected chi connectivity index (χ1v) is 1.65. The quantitative estimate of drug-likeness (QED) is 0.129. The average Bonchev–Trinajstić information content (AvgIpc) is 1.72. The second-order valence-corrected chi connectivity index (χ2v) is 0.866. The Labute approximate surface area is 192 Å². The van der Waals surface area contributed by atoms with Crippen molar-refractivity contribution in [1.82, 2.24) is 0 Å². The summed E-state index contributed by atoms with van der Waals surface area (Å²) in [6.07, 6.45) is 3.28. The molecular weight excluding hydrogens is 1020 g/mol. The first-order chi connectivity index (χ1) is 3.00. The predicted octanol–water partition coefficient (Wildman–Crippen LogP) is -11.1. The Morgan fingerprint density at radius 2 is 0.714 bits per heavy atom. The van der Waals surface area contributed by atoms with Crippen LogP contribution in [0.25, 0.3) is 0 Å². The molecule has 0 saturated carbocycles. The van der Waals surface area contributed by atoms with Crippen LogP contribution in [-0.2, 0) is 111 Å². The fourth-order valence-electron chi connectivity index (χ4n) is 0.239. The third-order valence-electron chi connectivity index (χ3n) is 0.455. The van der Waals surface area contributed by atoms with E-state index in [-0.39, 0.29) is 160 Å². The van der Waals surface area contributed by atoms with E-state index in [1.807, 2.05) is 0 Å². The summed E-state index contributed by atoms with van der Waals surface area (Å²) in [6.45, 7) is 0. The minimum absolute atomic E-state index is 0. The van der Waals surface area contributed by atoms with Gasteiger partial charge in [0.1, 0.15) is 0 Å². The smallest absolute Gasteiger partial charge is 1.00 e. The molecule has 0 heterocycles. The molecule has 8 heteroatoms. The van der Waals surface area contributed by atoms with E-state index in [1.54, 1.807) is 12.2 Å². The molecule has 0 aromatic heterocycles. The van der Waals surface area contributed by atoms with Gasteiger partial charge in [-0.25, -0.2) is 0 Å². The second kappa shape index (κ2) is 43.7. The third-order valence-corrected chi connectivity index (χ3v) is 0.455. The van der Waals surface area contributed by atoms with Gasteiger partial charge in [-0.1, -0.05) is 23.3 Å². The molecule has 4 radical (unpaired) electrons. The Kier molecular flexibility index (Phi) is 163. The summed E-state index contributed by atoms with van der Waals surface area (Å²) < 4.78 is 0. The van der Waals surface area contributed by atoms with Crippen molar-refractivity contribution >= 4 is 0 Å². The molecule has 0 aliphatic heterocycles. The van der Waals surface area contributed by atoms with E-state index < -0.39 is 0 Å². The molecular formula is C6H2Cl4Hg4. The van der Waals surface area contributed by atoms with E-state index in [9.17, 15) is 0 Å². The molecule has 0 saturated heterocycles. The van der Waals surface area contributed by atoms with Gasteiger partial charge in [-0.05, 0) is 0 Å². The van der Waals surface area contributed by atoms with E-state index in [1.165, 1.54) is 0 Å². The van der Waals surface area contributed by atoms with Crippen molar-refractivity contribution < 1.29 is 160 Å². The van der Waals surface area contributed by atoms with Crippen molar-refractivity contribution in [1.29, 1.82) is 0 Å². The molecule has 0 atom stereocenters. The molecule has 1 aliphatic carbocycles. The number of hydrogen-bond donors (Lipinski definition) is 0. The predicted molar refractivity (Wildman–Crippen MR) is 23.9 cm³/mol. The summed E-state index contributed by atoms with van der Waals surface area (Å²) in [5, 5.41) is 0. The summed E-state index contributed by atoms with van der Waals surface area (Å²) in [5.41, 5.74) is 5.36. The number of rotatable bonds is 0. The van der Waals surface area contributed by atoms with Gasteiger partial charge < -0.3 is 49.6 Å². The molecule has 0 amide bonds. The molecule has 0 unspecified atom stereocenters. The van der Waals surface area contributed by atoms with Crippen LogP contribution in [0.5, 0.6) is 0 Å². The van der Waals surface area contributed by atoms with Gasteiger partial charge in [0.05, 0.1) is 0 Å². The van der Waals surface area contributed by atoms with E-state index in [0.29, 0.717) is 0 Å². The van der Waals surface area contributed by atoms with Crippen molar-refractivity contribution in [3.8, 4) is 11.8 Å². The number of halogens is 4. The average molecular weight is 1020 g/mol. The maximum Gasteiger partial charge on any atom is 1.00 e. The number of hydrogen-bond acceptors (Lipinski definition) is 0. The summed E-state index contributed by atoms with van der Waals surface area (Å²) in [4.78, 5) is 0. The molecule has 0 spiro atoms. The SMILES string of the molecule is C1=C=CC#CC=1.[Cl-].[Cl-].[Cl-].[Cl-].[Hg+].[Hg+].[Hg+].[Hg+]. The fraction of sp³-hybridized carbons (Fsp3) is 0. The van der Waals surface area contributed by atoms with Gasteiger partial charge in [-0.2, -0.15) is 0 Å². The van der Waals surface area contributed by atoms with Crippen molar-refractivity contribution in [3.63, 3.8) is 0 Å². The van der Waals surface area contributed by atoms with E-state index in [4.69, 9.17) is 0 Å². The molecule has 1 rings (SSSR count). The molecule has 62 valence electrons. The van der Waals surface area contributed by atoms with Crippen LogP contribution in [0, 0.1) is 11.8 Å². The van der Waals surface area contributed by atoms with Crippen LogP contribution in [-0.4, -0.2) is 0 Å². The molecule has 0 aromatic rings. The van der Waals surface area contributed by atoms with Gasteiger partial charge in [0, 0.05) is 12.2 Å². The van der Waals surface area contributed by atoms with Gasteiger partial charge in [0.15, 0.2) is 0 Å². The largest absolute Gasteiger partial charge is 1.00 e. The zero-order valence-electron chi connectivity index (χ0n) is 7.49. The maximum absolute atomic E-state index is 2.68. The Balaban J connectivity index is -0.00000000750. The van der Waals surface area contributed by atoms with Gasteiger partial charge >= 0.3 is 111 Å². The fourth-order valence-corrected chi connectivity index (χ4v) is 0.239. The van der Waals surface area contributed by atoms with Gasteiger partial charge in [-0.15, -0.1) is 0 Å². The zero-order valence-corrected chi connectivity index (χ0v) is 32.5. The zero-order chi connectivity index (χ0) is 4.24. The topological polar surface area (TPSA) is 0 Å². The molecule has 1 aliphatic rings. The Morgan fingerprint density at radius 1 is 0.500 bits per heavy atom. The van der Waals surface area contributed by atoms with Crippen molar-refractivity contribution in [2.24, 2.45) is 0 Å². The molecule has 14 heavy (non-hydrogen) atoms. The van der Waals surface area contributed by atoms with Gasteiger partial charge in [0.2, 0.25) is 0 Å². The van der Waals surface area contributed by atoms with Crippen LogP contribution in [0.1, 0.15) is 0 Å². The second-order valence-electron chi connectivity index (χ2n) is 0.866. The van der Waals surface area contributed by atoms with E-state index >= 15 is 0 Å². The van der Waals surface area contributed by atoms with Crippen molar-refractivity contribution in [2.45, 2.75) is 0 Å².